The standard InChI is InChI=1S/C22H24N4OS.CH3.Li/c1-15(2)26-10-19(11-26)20(12-27)22(3,25-14-24)21-8-18(13-28-21)17-6-4-5-16(7-17)9-23;;/h4-8,13,15,19-20H,10-11H2,1-3H3,(H2,24,25);1H3;/q-2;-1;+1/t20-,22-;;/m0../s1. The molecular weight excluding hydrogens is 387 g/mol. The van der Waals surface area contributed by atoms with E-state index in [9.17, 15) is 4.79 Å². The number of carbonyl (C=O) groups excluding carboxylic acids is 1. The van der Waals surface area contributed by atoms with Crippen molar-refractivity contribution in [1.29, 1.82) is 10.7 Å². The number of likely N-dealkylation sites (tertiary alicyclic amines) is 1. The maximum Gasteiger partial charge on any atom is 1.00 e. The summed E-state index contributed by atoms with van der Waals surface area (Å²) in [4.78, 5) is 15.3. The Hall–Kier alpha value is -1.89. The molecule has 2 atom stereocenters. The summed E-state index contributed by atoms with van der Waals surface area (Å²) in [7, 11) is 0. The van der Waals surface area contributed by atoms with E-state index in [1.165, 1.54) is 0 Å². The van der Waals surface area contributed by atoms with Crippen LogP contribution in [0.2, 0.25) is 0 Å². The van der Waals surface area contributed by atoms with Gasteiger partial charge in [0, 0.05) is 29.5 Å². The van der Waals surface area contributed by atoms with Crippen molar-refractivity contribution in [2.24, 2.45) is 11.8 Å². The third-order valence-electron chi connectivity index (χ3n) is 5.65. The van der Waals surface area contributed by atoms with E-state index in [2.05, 4.69) is 42.8 Å². The second-order valence-corrected chi connectivity index (χ2v) is 8.66. The van der Waals surface area contributed by atoms with Crippen molar-refractivity contribution in [2.75, 3.05) is 13.1 Å². The van der Waals surface area contributed by atoms with Gasteiger partial charge in [0.05, 0.1) is 11.6 Å². The van der Waals surface area contributed by atoms with E-state index in [1.54, 1.807) is 17.4 Å². The maximum absolute atomic E-state index is 12.0. The molecule has 0 aliphatic carbocycles. The summed E-state index contributed by atoms with van der Waals surface area (Å²) in [5, 5.41) is 21.7. The normalized spacial score (nSPS) is 16.8. The van der Waals surface area contributed by atoms with Crippen LogP contribution in [0.3, 0.4) is 0 Å². The second kappa shape index (κ2) is 10.9. The van der Waals surface area contributed by atoms with Gasteiger partial charge in [0.2, 0.25) is 0 Å². The van der Waals surface area contributed by atoms with Crippen LogP contribution in [0.15, 0.2) is 35.7 Å². The minimum absolute atomic E-state index is 0. The van der Waals surface area contributed by atoms with Gasteiger partial charge in [-0.25, -0.2) is 0 Å². The third-order valence-corrected chi connectivity index (χ3v) is 6.81. The van der Waals surface area contributed by atoms with Crippen molar-refractivity contribution in [3.63, 3.8) is 0 Å². The van der Waals surface area contributed by atoms with E-state index in [0.29, 0.717) is 11.6 Å². The molecule has 1 aliphatic rings. The molecule has 0 amide bonds. The number of nitriles is 1. The number of nitrogens with zero attached hydrogens (tertiary/aromatic N) is 2. The molecular formula is C23H27LiN4OS-2. The Bertz CT molecular complexity index is 901. The summed E-state index contributed by atoms with van der Waals surface area (Å²) in [5.74, 6) is -0.185. The number of thiophene rings is 1. The van der Waals surface area contributed by atoms with E-state index >= 15 is 0 Å². The van der Waals surface area contributed by atoms with E-state index in [0.717, 1.165) is 29.1 Å². The predicted molar refractivity (Wildman–Crippen MR) is 118 cm³/mol. The van der Waals surface area contributed by atoms with Gasteiger partial charge in [0.15, 0.2) is 0 Å². The molecule has 2 heterocycles. The number of nitrogens with one attached hydrogen (secondary N) is 2. The van der Waals surface area contributed by atoms with Gasteiger partial charge in [-0.3, -0.25) is 6.29 Å². The fourth-order valence-corrected chi connectivity index (χ4v) is 4.89. The second-order valence-electron chi connectivity index (χ2n) is 7.75. The maximum atomic E-state index is 12.0. The number of rotatable bonds is 8. The Morgan fingerprint density at radius 2 is 2.03 bits per heavy atom. The molecule has 1 aromatic heterocycles. The van der Waals surface area contributed by atoms with Crippen molar-refractivity contribution in [3.8, 4) is 17.2 Å². The topological polar surface area (TPSA) is 80.0 Å². The smallest absolute Gasteiger partial charge is 0.543 e. The molecule has 2 N–H and O–H groups in total. The van der Waals surface area contributed by atoms with Gasteiger partial charge >= 0.3 is 18.9 Å². The van der Waals surface area contributed by atoms with Crippen LogP contribution in [0.25, 0.3) is 11.1 Å². The summed E-state index contributed by atoms with van der Waals surface area (Å²) in [6, 6.07) is 12.1. The SMILES string of the molecule is CC(C)N1CC([C@H]([C-]=O)[C@](C)(N[C-]=N)c2cc(-c3cccc(C#N)c3)cs2)C1.[CH3-].[Li+]. The zero-order valence-electron chi connectivity index (χ0n) is 18.3. The fourth-order valence-electron chi connectivity index (χ4n) is 3.82. The van der Waals surface area contributed by atoms with Gasteiger partial charge < -0.3 is 34.2 Å². The largest absolute Gasteiger partial charge is 1.00 e. The molecule has 3 rings (SSSR count). The van der Waals surface area contributed by atoms with Crippen LogP contribution < -0.4 is 24.2 Å². The number of hydrogen-bond acceptors (Lipinski definition) is 5. The van der Waals surface area contributed by atoms with Gasteiger partial charge in [0.1, 0.15) is 0 Å². The fraction of sp³-hybridized carbons (Fsp3) is 0.391. The first-order chi connectivity index (χ1) is 13.4. The molecule has 0 spiro atoms. The van der Waals surface area contributed by atoms with Gasteiger partial charge in [-0.15, -0.1) is 17.3 Å². The first kappa shape index (κ1) is 26.1. The number of hydrogen-bond donors (Lipinski definition) is 2. The minimum Gasteiger partial charge on any atom is -0.543 e. The molecule has 2 aromatic rings. The summed E-state index contributed by atoms with van der Waals surface area (Å²) in [5.41, 5.74) is 1.83. The van der Waals surface area contributed by atoms with Crippen LogP contribution in [0.1, 0.15) is 31.2 Å². The van der Waals surface area contributed by atoms with Crippen molar-refractivity contribution in [3.05, 3.63) is 53.6 Å². The molecule has 5 nitrogen and oxygen atoms in total. The zero-order chi connectivity index (χ0) is 20.3. The Kier molecular flexibility index (Phi) is 9.53. The molecule has 154 valence electrons. The minimum atomic E-state index is -0.743. The third kappa shape index (κ3) is 5.05. The average Bonchev–Trinajstić information content (AvgIpc) is 3.15. The van der Waals surface area contributed by atoms with Crippen LogP contribution in [0.4, 0.5) is 0 Å². The van der Waals surface area contributed by atoms with Gasteiger partial charge in [-0.05, 0) is 61.4 Å². The Morgan fingerprint density at radius 3 is 2.60 bits per heavy atom. The van der Waals surface area contributed by atoms with Crippen molar-refractivity contribution < 1.29 is 23.7 Å². The molecule has 1 saturated heterocycles. The van der Waals surface area contributed by atoms with E-state index in [-0.39, 0.29) is 38.1 Å². The van der Waals surface area contributed by atoms with Crippen LogP contribution >= 0.6 is 11.3 Å². The quantitative estimate of drug-likeness (QED) is 0.223. The molecule has 0 bridgehead atoms. The monoisotopic (exact) mass is 414 g/mol. The van der Waals surface area contributed by atoms with Crippen LogP contribution in [0, 0.1) is 36.0 Å². The van der Waals surface area contributed by atoms with Crippen LogP contribution in [-0.4, -0.2) is 36.7 Å². The first-order valence-corrected chi connectivity index (χ1v) is 10.2. The molecule has 0 saturated carbocycles. The molecule has 1 fully saturated rings. The summed E-state index contributed by atoms with van der Waals surface area (Å²) in [6.07, 6.45) is 4.55. The molecule has 30 heavy (non-hydrogen) atoms. The van der Waals surface area contributed by atoms with E-state index in [4.69, 9.17) is 10.7 Å². The summed E-state index contributed by atoms with van der Waals surface area (Å²) >= 11 is 1.55. The zero-order valence-corrected chi connectivity index (χ0v) is 19.1. The van der Waals surface area contributed by atoms with Gasteiger partial charge in [0.25, 0.3) is 0 Å². The van der Waals surface area contributed by atoms with Crippen molar-refractivity contribution >= 4 is 24.0 Å². The average molecular weight is 415 g/mol. The molecule has 7 heteroatoms. The molecule has 1 aromatic carbocycles. The Balaban J connectivity index is 0.00000225. The predicted octanol–water partition coefficient (Wildman–Crippen LogP) is 1.10. The van der Waals surface area contributed by atoms with Crippen molar-refractivity contribution in [1.82, 2.24) is 10.2 Å². The Labute approximate surface area is 196 Å². The molecule has 0 unspecified atom stereocenters. The van der Waals surface area contributed by atoms with Gasteiger partial charge in [-0.1, -0.05) is 12.1 Å². The van der Waals surface area contributed by atoms with Crippen molar-refractivity contribution in [2.45, 2.75) is 32.4 Å². The number of benzene rings is 1. The molecule has 1 aliphatic heterocycles. The van der Waals surface area contributed by atoms with Gasteiger partial charge in [-0.2, -0.15) is 5.26 Å². The Morgan fingerprint density at radius 1 is 1.33 bits per heavy atom. The summed E-state index contributed by atoms with van der Waals surface area (Å²) in [6.45, 7) is 7.97. The summed E-state index contributed by atoms with van der Waals surface area (Å²) < 4.78 is 0. The van der Waals surface area contributed by atoms with E-state index < -0.39 is 5.54 Å². The first-order valence-electron chi connectivity index (χ1n) is 9.33. The van der Waals surface area contributed by atoms with Crippen LogP contribution in [0.5, 0.6) is 0 Å². The van der Waals surface area contributed by atoms with E-state index in [1.807, 2.05) is 36.6 Å². The molecule has 0 radical (unpaired) electrons. The van der Waals surface area contributed by atoms with Crippen LogP contribution in [-0.2, 0) is 10.3 Å².